The number of nitrogens with zero attached hydrogens (tertiary/aromatic N) is 5. The zero-order valence-electron chi connectivity index (χ0n) is 20.2. The molecule has 0 saturated carbocycles. The summed E-state index contributed by atoms with van der Waals surface area (Å²) in [6, 6.07) is 4.41. The molecule has 4 rings (SSSR count). The summed E-state index contributed by atoms with van der Waals surface area (Å²) in [5.41, 5.74) is -0.233. The maximum Gasteiger partial charge on any atom is 0.416 e. The number of carbonyl (C=O) groups excluding carboxylic acids is 1. The number of carbonyl (C=O) groups is 1. The van der Waals surface area contributed by atoms with Gasteiger partial charge in [0.05, 0.1) is 23.6 Å². The molecule has 1 fully saturated rings. The average Bonchev–Trinajstić information content (AvgIpc) is 3.22. The molecule has 3 aromatic rings. The summed E-state index contributed by atoms with van der Waals surface area (Å²) in [6.07, 6.45) is -1.18. The lowest BCUT2D eigenvalue weighted by atomic mass is 9.93. The second-order valence-electron chi connectivity index (χ2n) is 9.27. The molecule has 194 valence electrons. The number of hydrogen-bond donors (Lipinski definition) is 1. The number of Topliss-reactive ketones (excluding diaryl/α,β-unsaturated/α-hetero) is 1. The minimum absolute atomic E-state index is 0.00857. The summed E-state index contributed by atoms with van der Waals surface area (Å²) in [7, 11) is 0. The third-order valence-corrected chi connectivity index (χ3v) is 6.64. The van der Waals surface area contributed by atoms with Crippen LogP contribution in [0.5, 0.6) is 0 Å². The van der Waals surface area contributed by atoms with Crippen LogP contribution in [-0.2, 0) is 24.1 Å². The number of anilines is 1. The molecule has 1 saturated heterocycles. The van der Waals surface area contributed by atoms with Crippen molar-refractivity contribution >= 4 is 22.6 Å². The Balaban J connectivity index is 1.53. The number of hydrogen-bond acceptors (Lipinski definition) is 6. The number of aliphatic hydroxyl groups excluding tert-OH is 1. The molecule has 3 heterocycles. The monoisotopic (exact) mass is 507 g/mol. The van der Waals surface area contributed by atoms with Gasteiger partial charge in [-0.05, 0) is 45.0 Å². The summed E-state index contributed by atoms with van der Waals surface area (Å²) < 4.78 is 55.2. The van der Waals surface area contributed by atoms with Crippen molar-refractivity contribution in [1.29, 1.82) is 0 Å². The van der Waals surface area contributed by atoms with Gasteiger partial charge in [-0.25, -0.2) is 14.4 Å². The summed E-state index contributed by atoms with van der Waals surface area (Å²) >= 11 is 0. The quantitative estimate of drug-likeness (QED) is 0.467. The van der Waals surface area contributed by atoms with E-state index >= 15 is 0 Å². The molecule has 1 N–H and O–H groups in total. The first-order valence-electron chi connectivity index (χ1n) is 11.9. The van der Waals surface area contributed by atoms with E-state index in [1.807, 2.05) is 28.7 Å². The molecule has 1 aromatic carbocycles. The number of rotatable bonds is 8. The molecule has 7 nitrogen and oxygen atoms in total. The van der Waals surface area contributed by atoms with Gasteiger partial charge in [0.25, 0.3) is 0 Å². The number of ketones is 1. The zero-order valence-corrected chi connectivity index (χ0v) is 20.2. The van der Waals surface area contributed by atoms with Gasteiger partial charge in [-0.3, -0.25) is 9.69 Å². The topological polar surface area (TPSA) is 74.5 Å². The van der Waals surface area contributed by atoms with Crippen LogP contribution in [0.3, 0.4) is 0 Å². The number of β-amino-alcohol motifs (C(OH)–C–C–N with tert-alkyl or cyclic N) is 1. The third-order valence-electron chi connectivity index (χ3n) is 6.64. The van der Waals surface area contributed by atoms with Gasteiger partial charge in [0.15, 0.2) is 0 Å². The van der Waals surface area contributed by atoms with Crippen molar-refractivity contribution in [2.75, 3.05) is 31.1 Å². The van der Waals surface area contributed by atoms with Crippen LogP contribution in [0.2, 0.25) is 0 Å². The van der Waals surface area contributed by atoms with Gasteiger partial charge in [0.2, 0.25) is 0 Å². The fourth-order valence-corrected chi connectivity index (χ4v) is 4.75. The first-order valence-corrected chi connectivity index (χ1v) is 11.9. The average molecular weight is 508 g/mol. The van der Waals surface area contributed by atoms with Gasteiger partial charge >= 0.3 is 6.18 Å². The van der Waals surface area contributed by atoms with Crippen molar-refractivity contribution in [3.05, 3.63) is 53.7 Å². The number of benzene rings is 1. The number of likely N-dealkylation sites (tertiary alicyclic amines) is 1. The Kier molecular flexibility index (Phi) is 7.60. The van der Waals surface area contributed by atoms with Crippen molar-refractivity contribution in [1.82, 2.24) is 19.4 Å². The standard InChI is InChI=1S/C25H29F4N5O2/c1-3-33(12-17-4-5-19(10-21(17)26)25(27,28)29)23-20-7-9-34(24(20)31-15-30-23)13-18-6-8-32(11-16(2)35)14-22(18)36/h4-5,7,9-10,15,18,22,36H,3,6,8,11-14H2,1-2H3. The summed E-state index contributed by atoms with van der Waals surface area (Å²) in [5.74, 6) is -0.308. The van der Waals surface area contributed by atoms with Crippen molar-refractivity contribution in [3.63, 3.8) is 0 Å². The minimum Gasteiger partial charge on any atom is -0.391 e. The first kappa shape index (κ1) is 26.0. The molecule has 1 aliphatic rings. The van der Waals surface area contributed by atoms with Gasteiger partial charge in [0.1, 0.15) is 29.4 Å². The third kappa shape index (κ3) is 5.67. The lowest BCUT2D eigenvalue weighted by molar-refractivity contribution is -0.137. The lowest BCUT2D eigenvalue weighted by Crippen LogP contribution is -2.46. The molecule has 0 aliphatic carbocycles. The van der Waals surface area contributed by atoms with Gasteiger partial charge in [0, 0.05) is 43.9 Å². The van der Waals surface area contributed by atoms with Gasteiger partial charge < -0.3 is 14.6 Å². The maximum absolute atomic E-state index is 14.5. The number of fused-ring (bicyclic) bond motifs is 1. The van der Waals surface area contributed by atoms with E-state index in [1.54, 1.807) is 4.90 Å². The predicted molar refractivity (Wildman–Crippen MR) is 127 cm³/mol. The largest absolute Gasteiger partial charge is 0.416 e. The van der Waals surface area contributed by atoms with E-state index in [9.17, 15) is 27.5 Å². The Morgan fingerprint density at radius 3 is 2.67 bits per heavy atom. The molecule has 0 amide bonds. The van der Waals surface area contributed by atoms with Crippen LogP contribution in [0.1, 0.15) is 31.4 Å². The fourth-order valence-electron chi connectivity index (χ4n) is 4.75. The Morgan fingerprint density at radius 2 is 2.03 bits per heavy atom. The molecule has 0 bridgehead atoms. The van der Waals surface area contributed by atoms with E-state index in [2.05, 4.69) is 9.97 Å². The molecule has 2 aromatic heterocycles. The summed E-state index contributed by atoms with van der Waals surface area (Å²) in [4.78, 5) is 23.9. The van der Waals surface area contributed by atoms with Crippen LogP contribution in [-0.4, -0.2) is 62.6 Å². The molecule has 36 heavy (non-hydrogen) atoms. The molecule has 1 aliphatic heterocycles. The van der Waals surface area contributed by atoms with E-state index in [0.29, 0.717) is 43.7 Å². The van der Waals surface area contributed by atoms with E-state index in [0.717, 1.165) is 30.5 Å². The van der Waals surface area contributed by atoms with Gasteiger partial charge in [-0.1, -0.05) is 6.07 Å². The number of aliphatic hydroxyl groups is 1. The number of piperidine rings is 1. The highest BCUT2D eigenvalue weighted by atomic mass is 19.4. The summed E-state index contributed by atoms with van der Waals surface area (Å²) in [5, 5.41) is 11.4. The van der Waals surface area contributed by atoms with Gasteiger partial charge in [-0.15, -0.1) is 0 Å². The zero-order chi connectivity index (χ0) is 26.0. The smallest absolute Gasteiger partial charge is 0.391 e. The van der Waals surface area contributed by atoms with Crippen molar-refractivity contribution in [2.24, 2.45) is 5.92 Å². The number of halogens is 4. The van der Waals surface area contributed by atoms with E-state index < -0.39 is 23.7 Å². The Labute approximate surface area is 206 Å². The molecule has 2 unspecified atom stereocenters. The normalized spacial score (nSPS) is 19.1. The molecule has 11 heteroatoms. The van der Waals surface area contributed by atoms with Crippen LogP contribution in [0.15, 0.2) is 36.8 Å². The fraction of sp³-hybridized carbons (Fsp3) is 0.480. The Hall–Kier alpha value is -3.05. The van der Waals surface area contributed by atoms with E-state index in [-0.39, 0.29) is 23.8 Å². The van der Waals surface area contributed by atoms with Crippen LogP contribution in [0.4, 0.5) is 23.4 Å². The highest BCUT2D eigenvalue weighted by molar-refractivity contribution is 5.87. The van der Waals surface area contributed by atoms with E-state index in [4.69, 9.17) is 0 Å². The second-order valence-corrected chi connectivity index (χ2v) is 9.27. The van der Waals surface area contributed by atoms with Crippen LogP contribution in [0, 0.1) is 11.7 Å². The lowest BCUT2D eigenvalue weighted by Gasteiger charge is -2.35. The van der Waals surface area contributed by atoms with Crippen molar-refractivity contribution < 1.29 is 27.5 Å². The van der Waals surface area contributed by atoms with Crippen LogP contribution >= 0.6 is 0 Å². The molecule has 0 radical (unpaired) electrons. The predicted octanol–water partition coefficient (Wildman–Crippen LogP) is 3.89. The SMILES string of the molecule is CCN(Cc1ccc(C(F)(F)F)cc1F)c1ncnc2c1ccn2CC1CCN(CC(C)=O)CC1O. The molecular weight excluding hydrogens is 478 g/mol. The van der Waals surface area contributed by atoms with Gasteiger partial charge in [-0.2, -0.15) is 13.2 Å². The second kappa shape index (κ2) is 10.5. The van der Waals surface area contributed by atoms with Crippen molar-refractivity contribution in [3.8, 4) is 0 Å². The Bertz CT molecular complexity index is 1230. The number of aromatic nitrogens is 3. The molecular formula is C25H29F4N5O2. The highest BCUT2D eigenvalue weighted by Crippen LogP contribution is 2.32. The first-order chi connectivity index (χ1) is 17.1. The van der Waals surface area contributed by atoms with Crippen molar-refractivity contribution in [2.45, 2.75) is 45.6 Å². The maximum atomic E-state index is 14.5. The van der Waals surface area contributed by atoms with E-state index in [1.165, 1.54) is 13.3 Å². The van der Waals surface area contributed by atoms with Crippen LogP contribution in [0.25, 0.3) is 11.0 Å². The van der Waals surface area contributed by atoms with Crippen LogP contribution < -0.4 is 4.90 Å². The highest BCUT2D eigenvalue weighted by Gasteiger charge is 2.32. The molecule has 0 spiro atoms. The Morgan fingerprint density at radius 1 is 1.25 bits per heavy atom. The molecule has 2 atom stereocenters. The minimum atomic E-state index is -4.61. The summed E-state index contributed by atoms with van der Waals surface area (Å²) in [6.45, 7) is 5.92. The number of alkyl halides is 3.